The number of para-hydroxylation sites is 1. The van der Waals surface area contributed by atoms with E-state index in [0.717, 1.165) is 5.39 Å². The number of fused-ring (bicyclic) bond motifs is 1. The fourth-order valence-corrected chi connectivity index (χ4v) is 1.48. The molecule has 1 heterocycles. The highest BCUT2D eigenvalue weighted by atomic mass is 16.3. The van der Waals surface area contributed by atoms with E-state index in [1.54, 1.807) is 6.07 Å². The van der Waals surface area contributed by atoms with Gasteiger partial charge in [0.15, 0.2) is 0 Å². The fourth-order valence-electron chi connectivity index (χ4n) is 1.48. The molecule has 1 aromatic heterocycles. The van der Waals surface area contributed by atoms with Crippen LogP contribution in [0.2, 0.25) is 0 Å². The van der Waals surface area contributed by atoms with Gasteiger partial charge >= 0.3 is 0 Å². The number of amides is 1. The first kappa shape index (κ1) is 10.2. The quantitative estimate of drug-likeness (QED) is 0.795. The summed E-state index contributed by atoms with van der Waals surface area (Å²) >= 11 is 0. The Kier molecular flexibility index (Phi) is 2.88. The third kappa shape index (κ3) is 1.89. The number of nitrogens with one attached hydrogen (secondary N) is 1. The molecule has 0 saturated carbocycles. The highest BCUT2D eigenvalue weighted by molar-refractivity contribution is 6.05. The van der Waals surface area contributed by atoms with Crippen LogP contribution in [0, 0.1) is 11.3 Å². The van der Waals surface area contributed by atoms with E-state index in [9.17, 15) is 4.79 Å². The molecule has 80 valence electrons. The van der Waals surface area contributed by atoms with E-state index >= 15 is 0 Å². The number of hydrogen-bond donors (Lipinski definition) is 1. The van der Waals surface area contributed by atoms with Crippen LogP contribution >= 0.6 is 0 Å². The second-order valence-electron chi connectivity index (χ2n) is 3.31. The summed E-state index contributed by atoms with van der Waals surface area (Å²) in [6.07, 6.45) is 1.74. The maximum atomic E-state index is 11.7. The largest absolute Gasteiger partial charge is 0.463 e. The molecule has 1 N–H and O–H groups in total. The maximum absolute atomic E-state index is 11.7. The van der Waals surface area contributed by atoms with Gasteiger partial charge in [-0.25, -0.2) is 0 Å². The average molecular weight is 214 g/mol. The van der Waals surface area contributed by atoms with Crippen LogP contribution in [0.5, 0.6) is 0 Å². The van der Waals surface area contributed by atoms with Crippen molar-refractivity contribution < 1.29 is 9.21 Å². The van der Waals surface area contributed by atoms with Gasteiger partial charge in [0.1, 0.15) is 11.8 Å². The number of carbonyl (C=O) groups excluding carboxylic acids is 1. The molecule has 1 aromatic carbocycles. The minimum Gasteiger partial charge on any atom is -0.463 e. The van der Waals surface area contributed by atoms with E-state index in [0.29, 0.717) is 24.1 Å². The van der Waals surface area contributed by atoms with Crippen molar-refractivity contribution in [3.05, 3.63) is 36.1 Å². The van der Waals surface area contributed by atoms with E-state index in [1.165, 1.54) is 6.26 Å². The van der Waals surface area contributed by atoms with Gasteiger partial charge in [-0.1, -0.05) is 18.2 Å². The Balaban J connectivity index is 2.20. The van der Waals surface area contributed by atoms with E-state index in [-0.39, 0.29) is 5.91 Å². The van der Waals surface area contributed by atoms with Crippen LogP contribution in [-0.2, 0) is 0 Å². The Morgan fingerprint density at radius 1 is 1.44 bits per heavy atom. The monoisotopic (exact) mass is 214 g/mol. The molecule has 0 spiro atoms. The highest BCUT2D eigenvalue weighted by Gasteiger charge is 2.12. The Bertz CT molecular complexity index is 551. The molecule has 0 saturated heterocycles. The van der Waals surface area contributed by atoms with Crippen LogP contribution < -0.4 is 5.32 Å². The lowest BCUT2D eigenvalue weighted by Crippen LogP contribution is -2.23. The standard InChI is InChI=1S/C12H10N2O2/c13-6-3-7-14-12(15)10-8-16-11-5-2-1-4-9(10)11/h1-2,4-5,8H,3,7H2,(H,14,15). The number of hydrogen-bond acceptors (Lipinski definition) is 3. The summed E-state index contributed by atoms with van der Waals surface area (Å²) in [5, 5.41) is 11.8. The van der Waals surface area contributed by atoms with Crippen LogP contribution in [0.1, 0.15) is 16.8 Å². The van der Waals surface area contributed by atoms with Gasteiger partial charge in [0.2, 0.25) is 0 Å². The molecule has 4 nitrogen and oxygen atoms in total. The predicted molar refractivity (Wildman–Crippen MR) is 58.8 cm³/mol. The number of benzene rings is 1. The molecule has 0 unspecified atom stereocenters. The van der Waals surface area contributed by atoms with Crippen molar-refractivity contribution in [2.45, 2.75) is 6.42 Å². The molecule has 0 aliphatic carbocycles. The second kappa shape index (κ2) is 4.49. The topological polar surface area (TPSA) is 66.0 Å². The first-order chi connectivity index (χ1) is 7.83. The van der Waals surface area contributed by atoms with Crippen LogP contribution in [0.3, 0.4) is 0 Å². The van der Waals surface area contributed by atoms with E-state index < -0.39 is 0 Å². The molecular weight excluding hydrogens is 204 g/mol. The number of rotatable bonds is 3. The van der Waals surface area contributed by atoms with Crippen molar-refractivity contribution in [2.75, 3.05) is 6.54 Å². The molecule has 0 fully saturated rings. The van der Waals surface area contributed by atoms with Gasteiger partial charge in [0, 0.05) is 11.9 Å². The van der Waals surface area contributed by atoms with Crippen molar-refractivity contribution in [1.29, 1.82) is 5.26 Å². The van der Waals surface area contributed by atoms with Crippen molar-refractivity contribution in [3.63, 3.8) is 0 Å². The van der Waals surface area contributed by atoms with Gasteiger partial charge in [0.05, 0.1) is 18.1 Å². The van der Waals surface area contributed by atoms with E-state index in [2.05, 4.69) is 5.32 Å². The summed E-state index contributed by atoms with van der Waals surface area (Å²) in [6.45, 7) is 0.356. The summed E-state index contributed by atoms with van der Waals surface area (Å²) in [5.74, 6) is -0.208. The maximum Gasteiger partial charge on any atom is 0.255 e. The van der Waals surface area contributed by atoms with Gasteiger partial charge in [-0.15, -0.1) is 0 Å². The number of nitrogens with zero attached hydrogens (tertiary/aromatic N) is 1. The highest BCUT2D eigenvalue weighted by Crippen LogP contribution is 2.20. The molecule has 2 rings (SSSR count). The van der Waals surface area contributed by atoms with Gasteiger partial charge in [-0.05, 0) is 6.07 Å². The van der Waals surface area contributed by atoms with Gasteiger partial charge in [-0.2, -0.15) is 5.26 Å². The molecule has 0 radical (unpaired) electrons. The van der Waals surface area contributed by atoms with Gasteiger partial charge < -0.3 is 9.73 Å². The van der Waals surface area contributed by atoms with Crippen LogP contribution in [-0.4, -0.2) is 12.5 Å². The van der Waals surface area contributed by atoms with Gasteiger partial charge in [-0.3, -0.25) is 4.79 Å². The Hall–Kier alpha value is -2.28. The van der Waals surface area contributed by atoms with Crippen molar-refractivity contribution in [2.24, 2.45) is 0 Å². The zero-order valence-corrected chi connectivity index (χ0v) is 8.56. The van der Waals surface area contributed by atoms with E-state index in [4.69, 9.17) is 9.68 Å². The zero-order valence-electron chi connectivity index (χ0n) is 8.56. The lowest BCUT2D eigenvalue weighted by molar-refractivity contribution is 0.0955. The number of furan rings is 1. The summed E-state index contributed by atoms with van der Waals surface area (Å²) in [6, 6.07) is 9.31. The summed E-state index contributed by atoms with van der Waals surface area (Å²) < 4.78 is 5.25. The summed E-state index contributed by atoms with van der Waals surface area (Å²) in [4.78, 5) is 11.7. The molecule has 2 aromatic rings. The zero-order chi connectivity index (χ0) is 11.4. The summed E-state index contributed by atoms with van der Waals surface area (Å²) in [7, 11) is 0. The van der Waals surface area contributed by atoms with E-state index in [1.807, 2.05) is 24.3 Å². The molecule has 0 aliphatic rings. The minimum atomic E-state index is -0.208. The molecule has 0 aliphatic heterocycles. The molecule has 0 atom stereocenters. The Labute approximate surface area is 92.5 Å². The first-order valence-corrected chi connectivity index (χ1v) is 4.94. The van der Waals surface area contributed by atoms with Crippen molar-refractivity contribution in [3.8, 4) is 6.07 Å². The smallest absolute Gasteiger partial charge is 0.255 e. The Morgan fingerprint density at radius 2 is 2.25 bits per heavy atom. The third-order valence-corrected chi connectivity index (χ3v) is 2.25. The normalized spacial score (nSPS) is 9.94. The Morgan fingerprint density at radius 3 is 3.06 bits per heavy atom. The lowest BCUT2D eigenvalue weighted by atomic mass is 10.1. The number of carbonyl (C=O) groups is 1. The SMILES string of the molecule is N#CCCNC(=O)c1coc2ccccc12. The average Bonchev–Trinajstić information content (AvgIpc) is 2.73. The van der Waals surface area contributed by atoms with Gasteiger partial charge in [0.25, 0.3) is 5.91 Å². The van der Waals surface area contributed by atoms with Crippen LogP contribution in [0.4, 0.5) is 0 Å². The van der Waals surface area contributed by atoms with Crippen molar-refractivity contribution >= 4 is 16.9 Å². The molecule has 4 heteroatoms. The van der Waals surface area contributed by atoms with Crippen LogP contribution in [0.25, 0.3) is 11.0 Å². The molecule has 0 bridgehead atoms. The third-order valence-electron chi connectivity index (χ3n) is 2.25. The predicted octanol–water partition coefficient (Wildman–Crippen LogP) is 2.08. The minimum absolute atomic E-state index is 0.208. The molecule has 16 heavy (non-hydrogen) atoms. The molecular formula is C12H10N2O2. The van der Waals surface area contributed by atoms with Crippen LogP contribution in [0.15, 0.2) is 34.9 Å². The van der Waals surface area contributed by atoms with Crippen molar-refractivity contribution in [1.82, 2.24) is 5.32 Å². The fraction of sp³-hybridized carbons (Fsp3) is 0.167. The molecule has 1 amide bonds. The lowest BCUT2D eigenvalue weighted by Gasteiger charge is -1.99. The number of nitriles is 1. The first-order valence-electron chi connectivity index (χ1n) is 4.94. The summed E-state index contributed by atoms with van der Waals surface area (Å²) in [5.41, 5.74) is 1.20. The second-order valence-corrected chi connectivity index (χ2v) is 3.31.